The van der Waals surface area contributed by atoms with E-state index in [1.54, 1.807) is 37.3 Å². The van der Waals surface area contributed by atoms with Crippen LogP contribution in [0.3, 0.4) is 0 Å². The third kappa shape index (κ3) is 3.66. The van der Waals surface area contributed by atoms with E-state index < -0.39 is 47.1 Å². The van der Waals surface area contributed by atoms with Crippen LogP contribution in [-0.2, 0) is 31.1 Å². The molecule has 9 nitrogen and oxygen atoms in total. The van der Waals surface area contributed by atoms with Gasteiger partial charge in [0.15, 0.2) is 0 Å². The van der Waals surface area contributed by atoms with Crippen molar-refractivity contribution in [2.45, 2.75) is 24.9 Å². The van der Waals surface area contributed by atoms with Crippen molar-refractivity contribution in [3.8, 4) is 0 Å². The van der Waals surface area contributed by atoms with Crippen molar-refractivity contribution in [3.63, 3.8) is 0 Å². The Kier molecular flexibility index (Phi) is 5.78. The van der Waals surface area contributed by atoms with Gasteiger partial charge in [-0.3, -0.25) is 19.7 Å². The molecular weight excluding hydrogens is 544 g/mol. The van der Waals surface area contributed by atoms with E-state index in [-0.39, 0.29) is 6.61 Å². The van der Waals surface area contributed by atoms with Gasteiger partial charge in [0.25, 0.3) is 0 Å². The summed E-state index contributed by atoms with van der Waals surface area (Å²) in [5, 5.41) is 7.79. The number of aromatic amines is 1. The second-order valence-corrected chi connectivity index (χ2v) is 11.0. The van der Waals surface area contributed by atoms with Crippen LogP contribution < -0.4 is 15.5 Å². The third-order valence-corrected chi connectivity index (χ3v) is 8.66. The number of ether oxygens (including phenoxy) is 1. The summed E-state index contributed by atoms with van der Waals surface area (Å²) in [7, 11) is 0. The van der Waals surface area contributed by atoms with Crippen LogP contribution in [0.25, 0.3) is 10.9 Å². The van der Waals surface area contributed by atoms with Crippen molar-refractivity contribution < 1.29 is 23.9 Å². The number of benzene rings is 3. The van der Waals surface area contributed by atoms with E-state index in [0.717, 1.165) is 21.4 Å². The van der Waals surface area contributed by atoms with E-state index in [1.165, 1.54) is 12.1 Å². The van der Waals surface area contributed by atoms with Gasteiger partial charge in [0.05, 0.1) is 29.7 Å². The highest BCUT2D eigenvalue weighted by Gasteiger charge is 2.70. The predicted octanol–water partition coefficient (Wildman–Crippen LogP) is 4.17. The van der Waals surface area contributed by atoms with Crippen LogP contribution in [0.5, 0.6) is 0 Å². The van der Waals surface area contributed by atoms with Gasteiger partial charge in [-0.1, -0.05) is 29.8 Å². The molecule has 3 aliphatic rings. The van der Waals surface area contributed by atoms with Crippen molar-refractivity contribution in [1.82, 2.24) is 10.3 Å². The Hall–Kier alpha value is -4.47. The summed E-state index contributed by atoms with van der Waals surface area (Å²) < 4.78 is 5.06. The molecule has 0 aliphatic carbocycles. The first-order chi connectivity index (χ1) is 19.8. The molecule has 10 heteroatoms. The molecule has 3 aromatic carbocycles. The van der Waals surface area contributed by atoms with Gasteiger partial charge in [0.2, 0.25) is 17.7 Å². The van der Waals surface area contributed by atoms with Crippen LogP contribution in [0.4, 0.5) is 11.4 Å². The number of imide groups is 1. The maximum absolute atomic E-state index is 14.2. The number of fused-ring (bicyclic) bond motifs is 5. The van der Waals surface area contributed by atoms with Crippen LogP contribution in [0.2, 0.25) is 5.02 Å². The first kappa shape index (κ1) is 25.5. The standard InChI is InChI=1S/C31H25ClN4O5/c1-2-41-29(39)16-7-10-19(11-8-16)36-27(37)25-24(13-17-15-33-22-6-4-3-5-20(17)22)35-31(26(25)28(36)38)21-14-18(32)9-12-23(21)34-30(31)40/h3-12,14-15,24-26,33,35H,2,13H2,1H3,(H,34,40)/t24-,25+,26+,31-/m1/s1. The molecule has 0 radical (unpaired) electrons. The number of rotatable bonds is 5. The first-order valence-corrected chi connectivity index (χ1v) is 13.8. The average molecular weight is 569 g/mol. The van der Waals surface area contributed by atoms with Crippen LogP contribution >= 0.6 is 11.6 Å². The summed E-state index contributed by atoms with van der Waals surface area (Å²) in [6.45, 7) is 1.95. The molecule has 1 spiro atoms. The van der Waals surface area contributed by atoms with Crippen molar-refractivity contribution >= 4 is 57.6 Å². The Balaban J connectivity index is 1.33. The number of nitrogens with one attached hydrogen (secondary N) is 3. The van der Waals surface area contributed by atoms with Crippen LogP contribution in [-0.4, -0.2) is 41.3 Å². The molecule has 2 saturated heterocycles. The van der Waals surface area contributed by atoms with Gasteiger partial charge < -0.3 is 15.0 Å². The van der Waals surface area contributed by atoms with Gasteiger partial charge in [-0.05, 0) is 67.4 Å². The Morgan fingerprint density at radius 3 is 2.59 bits per heavy atom. The first-order valence-electron chi connectivity index (χ1n) is 13.4. The molecule has 3 amide bonds. The fourth-order valence-corrected chi connectivity index (χ4v) is 6.87. The minimum atomic E-state index is -1.48. The number of hydrogen-bond donors (Lipinski definition) is 3. The molecule has 3 N–H and O–H groups in total. The highest BCUT2D eigenvalue weighted by molar-refractivity contribution is 6.31. The number of carbonyl (C=O) groups excluding carboxylic acids is 4. The lowest BCUT2D eigenvalue weighted by molar-refractivity contribution is -0.130. The summed E-state index contributed by atoms with van der Waals surface area (Å²) >= 11 is 6.37. The fraction of sp³-hybridized carbons (Fsp3) is 0.226. The molecule has 0 bridgehead atoms. The quantitative estimate of drug-likeness (QED) is 0.245. The maximum atomic E-state index is 14.2. The number of esters is 1. The Bertz CT molecular complexity index is 1770. The summed E-state index contributed by atoms with van der Waals surface area (Å²) in [6, 6.07) is 18.5. The smallest absolute Gasteiger partial charge is 0.338 e. The largest absolute Gasteiger partial charge is 0.462 e. The number of halogens is 1. The number of aromatic nitrogens is 1. The number of para-hydroxylation sites is 1. The van der Waals surface area contributed by atoms with Gasteiger partial charge in [0.1, 0.15) is 5.54 Å². The fourth-order valence-electron chi connectivity index (χ4n) is 6.70. The van der Waals surface area contributed by atoms with Crippen molar-refractivity contribution in [2.24, 2.45) is 11.8 Å². The summed E-state index contributed by atoms with van der Waals surface area (Å²) in [5.41, 5.74) is 2.18. The molecule has 206 valence electrons. The third-order valence-electron chi connectivity index (χ3n) is 8.43. The average Bonchev–Trinajstić information content (AvgIpc) is 3.68. The topological polar surface area (TPSA) is 121 Å². The zero-order valence-corrected chi connectivity index (χ0v) is 22.7. The number of amides is 3. The minimum Gasteiger partial charge on any atom is -0.462 e. The molecule has 2 fully saturated rings. The van der Waals surface area contributed by atoms with Crippen molar-refractivity contribution in [3.05, 3.63) is 94.6 Å². The lowest BCUT2D eigenvalue weighted by atomic mass is 9.76. The maximum Gasteiger partial charge on any atom is 0.338 e. The lowest BCUT2D eigenvalue weighted by Gasteiger charge is -2.29. The Morgan fingerprint density at radius 1 is 1.02 bits per heavy atom. The summed E-state index contributed by atoms with van der Waals surface area (Å²) in [5.74, 6) is -3.60. The Morgan fingerprint density at radius 2 is 1.80 bits per heavy atom. The second-order valence-electron chi connectivity index (χ2n) is 10.5. The van der Waals surface area contributed by atoms with Gasteiger partial charge in [-0.2, -0.15) is 0 Å². The lowest BCUT2D eigenvalue weighted by Crippen LogP contribution is -2.53. The zero-order chi connectivity index (χ0) is 28.5. The number of nitrogens with zero attached hydrogens (tertiary/aromatic N) is 1. The van der Waals surface area contributed by atoms with Gasteiger partial charge >= 0.3 is 5.97 Å². The molecule has 4 aromatic rings. The predicted molar refractivity (Wildman–Crippen MR) is 153 cm³/mol. The number of carbonyl (C=O) groups is 4. The van der Waals surface area contributed by atoms with Gasteiger partial charge in [-0.25, -0.2) is 9.69 Å². The molecule has 4 atom stereocenters. The van der Waals surface area contributed by atoms with Crippen LogP contribution in [0.15, 0.2) is 72.9 Å². The van der Waals surface area contributed by atoms with E-state index in [9.17, 15) is 19.2 Å². The molecule has 0 unspecified atom stereocenters. The van der Waals surface area contributed by atoms with Crippen LogP contribution in [0, 0.1) is 11.8 Å². The van der Waals surface area contributed by atoms with E-state index in [0.29, 0.717) is 33.9 Å². The molecule has 41 heavy (non-hydrogen) atoms. The zero-order valence-electron chi connectivity index (χ0n) is 21.9. The molecule has 4 heterocycles. The monoisotopic (exact) mass is 568 g/mol. The van der Waals surface area contributed by atoms with E-state index in [2.05, 4.69) is 15.6 Å². The summed E-state index contributed by atoms with van der Waals surface area (Å²) in [6.07, 6.45) is 2.31. The molecular formula is C31H25ClN4O5. The number of H-pyrrole nitrogens is 1. The highest BCUT2D eigenvalue weighted by Crippen LogP contribution is 2.54. The van der Waals surface area contributed by atoms with Crippen LogP contribution in [0.1, 0.15) is 28.4 Å². The minimum absolute atomic E-state index is 0.230. The Labute approximate surface area is 239 Å². The number of hydrogen-bond acceptors (Lipinski definition) is 6. The second kappa shape index (κ2) is 9.29. The van der Waals surface area contributed by atoms with E-state index in [4.69, 9.17) is 16.3 Å². The van der Waals surface area contributed by atoms with Crippen molar-refractivity contribution in [2.75, 3.05) is 16.8 Å². The van der Waals surface area contributed by atoms with E-state index in [1.807, 2.05) is 30.5 Å². The van der Waals surface area contributed by atoms with E-state index >= 15 is 0 Å². The molecule has 0 saturated carbocycles. The highest BCUT2D eigenvalue weighted by atomic mass is 35.5. The molecule has 1 aromatic heterocycles. The van der Waals surface area contributed by atoms with Gasteiger partial charge in [0, 0.05) is 39.4 Å². The van der Waals surface area contributed by atoms with Crippen molar-refractivity contribution in [1.29, 1.82) is 0 Å². The number of anilines is 2. The SMILES string of the molecule is CCOC(=O)c1ccc(N2C(=O)[C@@H]3[C@@H](C2=O)[C@@]2(N[C@@H]3Cc3c[nH]c4ccccc34)C(=O)Nc3ccc(Cl)cc32)cc1. The normalized spacial score (nSPS) is 24.7. The molecule has 7 rings (SSSR count). The summed E-state index contributed by atoms with van der Waals surface area (Å²) in [4.78, 5) is 58.8. The molecule has 3 aliphatic heterocycles. The van der Waals surface area contributed by atoms with Gasteiger partial charge in [-0.15, -0.1) is 0 Å².